The molecule has 0 aliphatic carbocycles. The molecule has 7 heteroatoms. The Kier molecular flexibility index (Phi) is 15.6. The van der Waals surface area contributed by atoms with E-state index < -0.39 is 9.96 Å². The summed E-state index contributed by atoms with van der Waals surface area (Å²) in [6.45, 7) is 2.25. The van der Waals surface area contributed by atoms with Gasteiger partial charge in [-0.15, -0.1) is 0 Å². The van der Waals surface area contributed by atoms with Crippen LogP contribution in [0.25, 0.3) is 0 Å². The Balaban J connectivity index is 2.15. The van der Waals surface area contributed by atoms with Crippen LogP contribution in [-0.2, 0) is 4.79 Å². The van der Waals surface area contributed by atoms with Crippen molar-refractivity contribution in [2.45, 2.75) is 100 Å². The van der Waals surface area contributed by atoms with Gasteiger partial charge in [-0.25, -0.2) is 0 Å². The van der Waals surface area contributed by atoms with E-state index in [1.165, 1.54) is 64.2 Å². The summed E-state index contributed by atoms with van der Waals surface area (Å²) in [6, 6.07) is 7.68. The number of hydrogen-bond acceptors (Lipinski definition) is 2. The van der Waals surface area contributed by atoms with E-state index in [4.69, 9.17) is 34.8 Å². The molecule has 0 aliphatic rings. The van der Waals surface area contributed by atoms with E-state index in [-0.39, 0.29) is 5.91 Å². The number of carbonyl (C=O) groups excluding carboxylic acids is 1. The van der Waals surface area contributed by atoms with Gasteiger partial charge < -0.3 is 10.6 Å². The van der Waals surface area contributed by atoms with E-state index in [9.17, 15) is 4.79 Å². The first-order valence-electron chi connectivity index (χ1n) is 11.2. The summed E-state index contributed by atoms with van der Waals surface area (Å²) in [5, 5.41) is 5.90. The fourth-order valence-corrected chi connectivity index (χ4v) is 3.96. The number of hydrogen-bond donors (Lipinski definition) is 2. The van der Waals surface area contributed by atoms with Gasteiger partial charge in [-0.2, -0.15) is 0 Å². The molecule has 172 valence electrons. The lowest BCUT2D eigenvalue weighted by atomic mass is 10.0. The van der Waals surface area contributed by atoms with Crippen LogP contribution < -0.4 is 10.6 Å². The van der Waals surface area contributed by atoms with Crippen LogP contribution in [-0.4, -0.2) is 15.9 Å². The fraction of sp³-hybridized carbons (Fsp3) is 0.696. The van der Waals surface area contributed by atoms with Gasteiger partial charge in [0.05, 0.1) is 0 Å². The Labute approximate surface area is 211 Å². The highest BCUT2D eigenvalue weighted by atomic mass is 127. The summed E-state index contributed by atoms with van der Waals surface area (Å²) in [6.07, 6.45) is 14.8. The fourth-order valence-electron chi connectivity index (χ4n) is 3.27. The van der Waals surface area contributed by atoms with Gasteiger partial charge >= 0.3 is 0 Å². The minimum atomic E-state index is -1.64. The molecule has 0 heterocycles. The van der Waals surface area contributed by atoms with Gasteiger partial charge in [0.25, 0.3) is 0 Å². The van der Waals surface area contributed by atoms with Crippen molar-refractivity contribution in [1.82, 2.24) is 5.32 Å². The van der Waals surface area contributed by atoms with Crippen LogP contribution in [0.5, 0.6) is 0 Å². The van der Waals surface area contributed by atoms with Gasteiger partial charge in [0, 0.05) is 15.7 Å². The van der Waals surface area contributed by atoms with Gasteiger partial charge in [0.15, 0.2) is 0 Å². The van der Waals surface area contributed by atoms with Crippen LogP contribution in [0.1, 0.15) is 90.4 Å². The third-order valence-electron chi connectivity index (χ3n) is 5.05. The molecule has 0 unspecified atom stereocenters. The molecule has 2 N–H and O–H groups in total. The molecular formula is C23H36Cl3IN2O. The van der Waals surface area contributed by atoms with Crippen LogP contribution in [0.4, 0.5) is 5.69 Å². The first-order chi connectivity index (χ1) is 14.3. The van der Waals surface area contributed by atoms with Crippen molar-refractivity contribution >= 4 is 69.0 Å². The van der Waals surface area contributed by atoms with Gasteiger partial charge in [-0.05, 0) is 53.3 Å². The number of amides is 1. The highest BCUT2D eigenvalue weighted by Gasteiger charge is 2.33. The van der Waals surface area contributed by atoms with E-state index in [1.54, 1.807) is 0 Å². The van der Waals surface area contributed by atoms with Crippen molar-refractivity contribution in [3.63, 3.8) is 0 Å². The maximum atomic E-state index is 12.3. The number of rotatable bonds is 16. The van der Waals surface area contributed by atoms with E-state index in [0.717, 1.165) is 22.1 Å². The molecule has 1 amide bonds. The molecule has 0 bridgehead atoms. The summed E-state index contributed by atoms with van der Waals surface area (Å²) >= 11 is 20.4. The second-order valence-electron chi connectivity index (χ2n) is 7.83. The molecule has 0 fully saturated rings. The predicted octanol–water partition coefficient (Wildman–Crippen LogP) is 8.61. The van der Waals surface area contributed by atoms with Crippen LogP contribution in [0.15, 0.2) is 24.3 Å². The number of alkyl halides is 3. The van der Waals surface area contributed by atoms with Crippen LogP contribution in [0.3, 0.4) is 0 Å². The Bertz CT molecular complexity index is 579. The average Bonchev–Trinajstić information content (AvgIpc) is 2.69. The zero-order valence-electron chi connectivity index (χ0n) is 18.0. The first kappa shape index (κ1) is 28.1. The van der Waals surface area contributed by atoms with Crippen molar-refractivity contribution in [1.29, 1.82) is 0 Å². The van der Waals surface area contributed by atoms with Crippen molar-refractivity contribution in [2.75, 3.05) is 5.32 Å². The summed E-state index contributed by atoms with van der Waals surface area (Å²) in [7, 11) is 0. The SMILES string of the molecule is CCCCCCCCCCCCCCC(=O)N[C@H](Nc1ccc(I)cc1)C(Cl)(Cl)Cl. The maximum Gasteiger partial charge on any atom is 0.228 e. The van der Waals surface area contributed by atoms with Crippen molar-refractivity contribution in [2.24, 2.45) is 0 Å². The molecule has 30 heavy (non-hydrogen) atoms. The predicted molar refractivity (Wildman–Crippen MR) is 141 cm³/mol. The normalized spacial score (nSPS) is 12.6. The monoisotopic (exact) mass is 588 g/mol. The Morgan fingerprint density at radius 3 is 1.80 bits per heavy atom. The van der Waals surface area contributed by atoms with Crippen molar-refractivity contribution in [3.05, 3.63) is 27.8 Å². The van der Waals surface area contributed by atoms with Gasteiger partial charge in [0.2, 0.25) is 9.70 Å². The third-order valence-corrected chi connectivity index (χ3v) is 6.42. The molecule has 0 aliphatic heterocycles. The Morgan fingerprint density at radius 1 is 0.867 bits per heavy atom. The van der Waals surface area contributed by atoms with Crippen molar-refractivity contribution in [3.8, 4) is 0 Å². The molecule has 3 nitrogen and oxygen atoms in total. The van der Waals surface area contributed by atoms with Gasteiger partial charge in [0.1, 0.15) is 6.17 Å². The molecule has 1 aromatic carbocycles. The molecular weight excluding hydrogens is 554 g/mol. The summed E-state index contributed by atoms with van der Waals surface area (Å²) in [5.41, 5.74) is 0.789. The quantitative estimate of drug-likeness (QED) is 0.0877. The molecule has 0 saturated carbocycles. The minimum Gasteiger partial charge on any atom is -0.362 e. The number of benzene rings is 1. The number of nitrogens with one attached hydrogen (secondary N) is 2. The Hall–Kier alpha value is 0.0900. The third kappa shape index (κ3) is 14.2. The lowest BCUT2D eigenvalue weighted by molar-refractivity contribution is -0.121. The van der Waals surface area contributed by atoms with Gasteiger partial charge in [-0.3, -0.25) is 4.79 Å². The first-order valence-corrected chi connectivity index (χ1v) is 13.4. The Morgan fingerprint density at radius 2 is 1.33 bits per heavy atom. The zero-order chi connectivity index (χ0) is 22.2. The molecule has 1 aromatic rings. The van der Waals surface area contributed by atoms with Crippen molar-refractivity contribution < 1.29 is 4.79 Å². The molecule has 0 spiro atoms. The molecule has 0 aromatic heterocycles. The second kappa shape index (κ2) is 16.7. The second-order valence-corrected chi connectivity index (χ2v) is 11.4. The van der Waals surface area contributed by atoms with Gasteiger partial charge in [-0.1, -0.05) is 112 Å². The van der Waals surface area contributed by atoms with Crippen LogP contribution in [0.2, 0.25) is 0 Å². The van der Waals surface area contributed by atoms with E-state index >= 15 is 0 Å². The molecule has 0 saturated heterocycles. The van der Waals surface area contributed by atoms with Crippen LogP contribution in [0, 0.1) is 3.57 Å². The number of carbonyl (C=O) groups is 1. The summed E-state index contributed by atoms with van der Waals surface area (Å²) in [5.74, 6) is -0.101. The number of unbranched alkanes of at least 4 members (excludes halogenated alkanes) is 11. The smallest absolute Gasteiger partial charge is 0.228 e. The van der Waals surface area contributed by atoms with E-state index in [0.29, 0.717) is 6.42 Å². The largest absolute Gasteiger partial charge is 0.362 e. The standard InChI is InChI=1S/C23H36Cl3IN2O/c1-2-3-4-5-6-7-8-9-10-11-12-13-14-21(30)29-22(23(24,25)26)28-20-17-15-19(27)16-18-20/h15-18,22,28H,2-14H2,1H3,(H,29,30)/t22-/m0/s1. The molecule has 0 radical (unpaired) electrons. The van der Waals surface area contributed by atoms with Crippen LogP contribution >= 0.6 is 57.4 Å². The zero-order valence-corrected chi connectivity index (χ0v) is 22.4. The highest BCUT2D eigenvalue weighted by Crippen LogP contribution is 2.31. The number of halogens is 4. The minimum absolute atomic E-state index is 0.101. The number of anilines is 1. The maximum absolute atomic E-state index is 12.3. The molecule has 1 atom stereocenters. The average molecular weight is 590 g/mol. The lowest BCUT2D eigenvalue weighted by Gasteiger charge is -2.27. The lowest BCUT2D eigenvalue weighted by Crippen LogP contribution is -2.49. The summed E-state index contributed by atoms with van der Waals surface area (Å²) in [4.78, 5) is 12.3. The topological polar surface area (TPSA) is 41.1 Å². The summed E-state index contributed by atoms with van der Waals surface area (Å²) < 4.78 is -0.533. The highest BCUT2D eigenvalue weighted by molar-refractivity contribution is 14.1. The van der Waals surface area contributed by atoms with E-state index in [1.807, 2.05) is 24.3 Å². The van der Waals surface area contributed by atoms with E-state index in [2.05, 4.69) is 40.1 Å². The molecule has 1 rings (SSSR count).